The molecule has 1 aromatic rings. The molecule has 0 atom stereocenters. The zero-order valence-corrected chi connectivity index (χ0v) is 13.1. The number of hydrogen-bond acceptors (Lipinski definition) is 3. The molecule has 116 valence electrons. The highest BCUT2D eigenvalue weighted by atomic mass is 16.3. The SMILES string of the molecule is CN(N=O)c1ccc(C=NC23CC4CC(CC(C4)C2)C3)cc1. The van der Waals surface area contributed by atoms with E-state index in [9.17, 15) is 4.91 Å². The average molecular weight is 297 g/mol. The zero-order chi connectivity index (χ0) is 15.2. The molecule has 4 nitrogen and oxygen atoms in total. The highest BCUT2D eigenvalue weighted by molar-refractivity contribution is 5.80. The van der Waals surface area contributed by atoms with Crippen LogP contribution in [-0.4, -0.2) is 18.8 Å². The Hall–Kier alpha value is -1.71. The van der Waals surface area contributed by atoms with E-state index in [0.717, 1.165) is 29.0 Å². The van der Waals surface area contributed by atoms with Gasteiger partial charge in [0.2, 0.25) is 0 Å². The molecule has 4 aliphatic carbocycles. The van der Waals surface area contributed by atoms with E-state index in [0.29, 0.717) is 0 Å². The van der Waals surface area contributed by atoms with Crippen molar-refractivity contribution in [3.63, 3.8) is 0 Å². The summed E-state index contributed by atoms with van der Waals surface area (Å²) in [7, 11) is 1.66. The van der Waals surface area contributed by atoms with Crippen molar-refractivity contribution in [2.24, 2.45) is 28.0 Å². The van der Waals surface area contributed by atoms with Crippen molar-refractivity contribution < 1.29 is 0 Å². The summed E-state index contributed by atoms with van der Waals surface area (Å²) in [6.07, 6.45) is 10.3. The molecule has 0 heterocycles. The first-order valence-electron chi connectivity index (χ1n) is 8.38. The minimum Gasteiger partial charge on any atom is -0.286 e. The van der Waals surface area contributed by atoms with E-state index in [1.165, 1.54) is 43.5 Å². The van der Waals surface area contributed by atoms with Crippen LogP contribution in [0.15, 0.2) is 34.5 Å². The Balaban J connectivity index is 1.51. The summed E-state index contributed by atoms with van der Waals surface area (Å²) in [6, 6.07) is 7.87. The second kappa shape index (κ2) is 5.18. The van der Waals surface area contributed by atoms with Gasteiger partial charge in [0.1, 0.15) is 0 Å². The van der Waals surface area contributed by atoms with Crippen LogP contribution in [0.2, 0.25) is 0 Å². The van der Waals surface area contributed by atoms with Crippen LogP contribution in [-0.2, 0) is 0 Å². The van der Waals surface area contributed by atoms with Crippen LogP contribution in [0, 0.1) is 22.7 Å². The van der Waals surface area contributed by atoms with Crippen LogP contribution in [0.4, 0.5) is 5.69 Å². The van der Waals surface area contributed by atoms with E-state index < -0.39 is 0 Å². The molecule has 4 saturated carbocycles. The molecule has 0 amide bonds. The lowest BCUT2D eigenvalue weighted by atomic mass is 9.53. The van der Waals surface area contributed by atoms with Gasteiger partial charge in [-0.2, -0.15) is 0 Å². The molecule has 0 radical (unpaired) electrons. The molecule has 0 saturated heterocycles. The molecule has 22 heavy (non-hydrogen) atoms. The van der Waals surface area contributed by atoms with Crippen molar-refractivity contribution in [3.8, 4) is 0 Å². The Morgan fingerprint density at radius 3 is 2.09 bits per heavy atom. The maximum atomic E-state index is 10.5. The second-order valence-corrected chi connectivity index (χ2v) is 7.60. The van der Waals surface area contributed by atoms with E-state index in [-0.39, 0.29) is 5.54 Å². The van der Waals surface area contributed by atoms with Crippen LogP contribution < -0.4 is 5.01 Å². The number of nitroso groups, excluding NO2 is 1. The van der Waals surface area contributed by atoms with Crippen LogP contribution >= 0.6 is 0 Å². The van der Waals surface area contributed by atoms with Crippen molar-refractivity contribution in [1.29, 1.82) is 0 Å². The minimum absolute atomic E-state index is 0.231. The van der Waals surface area contributed by atoms with Gasteiger partial charge in [-0.15, -0.1) is 4.91 Å². The largest absolute Gasteiger partial charge is 0.286 e. The molecule has 1 aromatic carbocycles. The van der Waals surface area contributed by atoms with Crippen LogP contribution in [0.5, 0.6) is 0 Å². The third-order valence-electron chi connectivity index (χ3n) is 5.88. The lowest BCUT2D eigenvalue weighted by molar-refractivity contribution is 0.00195. The summed E-state index contributed by atoms with van der Waals surface area (Å²) in [4.78, 5) is 15.6. The molecular weight excluding hydrogens is 274 g/mol. The first kappa shape index (κ1) is 13.9. The van der Waals surface area contributed by atoms with Crippen LogP contribution in [0.25, 0.3) is 0 Å². The summed E-state index contributed by atoms with van der Waals surface area (Å²) < 4.78 is 0. The van der Waals surface area contributed by atoms with Gasteiger partial charge in [0.25, 0.3) is 0 Å². The second-order valence-electron chi connectivity index (χ2n) is 7.60. The van der Waals surface area contributed by atoms with Crippen molar-refractivity contribution in [1.82, 2.24) is 0 Å². The Morgan fingerprint density at radius 2 is 1.59 bits per heavy atom. The smallest absolute Gasteiger partial charge is 0.0623 e. The molecule has 0 aromatic heterocycles. The first-order valence-corrected chi connectivity index (χ1v) is 8.38. The number of aliphatic imine (C=N–C) groups is 1. The molecule has 4 fully saturated rings. The molecule has 0 aliphatic heterocycles. The zero-order valence-electron chi connectivity index (χ0n) is 13.1. The predicted octanol–water partition coefficient (Wildman–Crippen LogP) is 4.19. The Kier molecular flexibility index (Phi) is 3.28. The van der Waals surface area contributed by atoms with Crippen LogP contribution in [0.3, 0.4) is 0 Å². The fraction of sp³-hybridized carbons (Fsp3) is 0.611. The maximum Gasteiger partial charge on any atom is 0.0623 e. The Bertz CT molecular complexity index is 558. The number of benzene rings is 1. The number of anilines is 1. The Morgan fingerprint density at radius 1 is 1.05 bits per heavy atom. The number of hydrogen-bond donors (Lipinski definition) is 0. The minimum atomic E-state index is 0.231. The van der Waals surface area contributed by atoms with E-state index in [1.807, 2.05) is 30.5 Å². The third kappa shape index (κ3) is 2.44. The highest BCUT2D eigenvalue weighted by Gasteiger charge is 2.50. The van der Waals surface area contributed by atoms with Crippen molar-refractivity contribution in [3.05, 3.63) is 34.7 Å². The molecule has 5 rings (SSSR count). The highest BCUT2D eigenvalue weighted by Crippen LogP contribution is 2.57. The Labute approximate surface area is 131 Å². The van der Waals surface area contributed by atoms with Crippen LogP contribution in [0.1, 0.15) is 44.1 Å². The monoisotopic (exact) mass is 297 g/mol. The average Bonchev–Trinajstić information content (AvgIpc) is 2.51. The molecule has 0 spiro atoms. The predicted molar refractivity (Wildman–Crippen MR) is 89.1 cm³/mol. The summed E-state index contributed by atoms with van der Waals surface area (Å²) in [6.45, 7) is 0. The lowest BCUT2D eigenvalue weighted by Gasteiger charge is -2.54. The third-order valence-corrected chi connectivity index (χ3v) is 5.88. The summed E-state index contributed by atoms with van der Waals surface area (Å²) in [5, 5.41) is 4.24. The topological polar surface area (TPSA) is 45.0 Å². The maximum absolute atomic E-state index is 10.5. The first-order chi connectivity index (χ1) is 10.7. The normalized spacial score (nSPS) is 36.0. The molecule has 4 bridgehead atoms. The van der Waals surface area contributed by atoms with Gasteiger partial charge in [-0.1, -0.05) is 12.1 Å². The molecule has 0 unspecified atom stereocenters. The fourth-order valence-corrected chi connectivity index (χ4v) is 5.26. The van der Waals surface area contributed by atoms with Gasteiger partial charge < -0.3 is 0 Å². The van der Waals surface area contributed by atoms with Gasteiger partial charge in [0.15, 0.2) is 0 Å². The molecule has 4 heteroatoms. The lowest BCUT2D eigenvalue weighted by Crippen LogP contribution is -2.49. The van der Waals surface area contributed by atoms with E-state index in [4.69, 9.17) is 4.99 Å². The summed E-state index contributed by atoms with van der Waals surface area (Å²) >= 11 is 0. The van der Waals surface area contributed by atoms with Crippen molar-refractivity contribution in [2.45, 2.75) is 44.1 Å². The summed E-state index contributed by atoms with van der Waals surface area (Å²) in [5.41, 5.74) is 2.15. The van der Waals surface area contributed by atoms with Gasteiger partial charge in [-0.3, -0.25) is 4.99 Å². The fourth-order valence-electron chi connectivity index (χ4n) is 5.26. The van der Waals surface area contributed by atoms with Gasteiger partial charge in [0, 0.05) is 13.3 Å². The molecule has 0 N–H and O–H groups in total. The van der Waals surface area contributed by atoms with Gasteiger partial charge in [-0.25, -0.2) is 5.01 Å². The standard InChI is InChI=1S/C18H23N3O/c1-21(20-22)17-4-2-13(3-5-17)12-19-18-9-14-6-15(10-18)8-16(7-14)11-18/h2-5,12,14-16H,6-11H2,1H3. The van der Waals surface area contributed by atoms with E-state index in [2.05, 4.69) is 5.29 Å². The van der Waals surface area contributed by atoms with Crippen molar-refractivity contribution in [2.75, 3.05) is 12.1 Å². The molecular formula is C18H23N3O. The number of rotatable bonds is 4. The van der Waals surface area contributed by atoms with Gasteiger partial charge in [-0.05, 0) is 74.0 Å². The van der Waals surface area contributed by atoms with Crippen molar-refractivity contribution >= 4 is 11.9 Å². The van der Waals surface area contributed by atoms with Gasteiger partial charge in [0.05, 0.1) is 16.5 Å². The summed E-state index contributed by atoms with van der Waals surface area (Å²) in [5.74, 6) is 2.79. The molecule has 4 aliphatic rings. The van der Waals surface area contributed by atoms with E-state index in [1.54, 1.807) is 7.05 Å². The quantitative estimate of drug-likeness (QED) is 0.475. The van der Waals surface area contributed by atoms with Gasteiger partial charge >= 0.3 is 0 Å². The number of nitrogens with zero attached hydrogens (tertiary/aromatic N) is 3. The van der Waals surface area contributed by atoms with E-state index >= 15 is 0 Å².